The number of carbonyl (C=O) groups is 1. The lowest BCUT2D eigenvalue weighted by Gasteiger charge is -2.34. The quantitative estimate of drug-likeness (QED) is 0.521. The van der Waals surface area contributed by atoms with Crippen LogP contribution in [0.15, 0.2) is 0 Å². The zero-order valence-electron chi connectivity index (χ0n) is 8.72. The summed E-state index contributed by atoms with van der Waals surface area (Å²) in [6.45, 7) is 11.5. The lowest BCUT2D eigenvalue weighted by atomic mass is 9.75. The van der Waals surface area contributed by atoms with Gasteiger partial charge < -0.3 is 14.9 Å². The predicted molar refractivity (Wildman–Crippen MR) is 52.1 cm³/mol. The van der Waals surface area contributed by atoms with Gasteiger partial charge in [-0.3, -0.25) is 4.79 Å². The van der Waals surface area contributed by atoms with Crippen molar-refractivity contribution >= 4 is 5.97 Å². The molecule has 4 radical (unpaired) electrons. The Kier molecular flexibility index (Phi) is 3.73. The van der Waals surface area contributed by atoms with Gasteiger partial charge in [0, 0.05) is 5.41 Å². The normalized spacial score (nSPS) is 35.9. The van der Waals surface area contributed by atoms with E-state index in [4.69, 9.17) is 13.8 Å². The van der Waals surface area contributed by atoms with Crippen molar-refractivity contribution in [1.29, 1.82) is 0 Å². The molecule has 2 N–H and O–H groups in total. The first-order valence-electron chi connectivity index (χ1n) is 4.86. The van der Waals surface area contributed by atoms with Gasteiger partial charge in [-0.2, -0.15) is 0 Å². The average molecular weight is 212 g/mol. The van der Waals surface area contributed by atoms with Crippen LogP contribution in [0.2, 0.25) is 0 Å². The Morgan fingerprint density at radius 2 is 2.20 bits per heavy atom. The molecule has 0 heterocycles. The summed E-state index contributed by atoms with van der Waals surface area (Å²) in [5.74, 6) is -1.20. The van der Waals surface area contributed by atoms with Gasteiger partial charge in [0.25, 0.3) is 0 Å². The summed E-state index contributed by atoms with van der Waals surface area (Å²) in [5.41, 5.74) is -1.06. The second-order valence-electron chi connectivity index (χ2n) is 4.17. The van der Waals surface area contributed by atoms with Crippen molar-refractivity contribution in [2.45, 2.75) is 25.6 Å². The molecule has 4 nitrogen and oxygen atoms in total. The average Bonchev–Trinajstić information content (AvgIpc) is 2.42. The summed E-state index contributed by atoms with van der Waals surface area (Å²) in [6.07, 6.45) is -0.967. The van der Waals surface area contributed by atoms with Gasteiger partial charge in [0.1, 0.15) is 0 Å². The molecule has 0 amide bonds. The molecular formula is C11H16O4. The van der Waals surface area contributed by atoms with E-state index < -0.39 is 23.6 Å². The van der Waals surface area contributed by atoms with Crippen molar-refractivity contribution < 1.29 is 19.7 Å². The standard InChI is InChI=1S/C11H16O4/c1-7-4-8(2)11(5-7,10(13)14)6-9(12)15-3/h1-2,7-8,10,13-14H,4-6H2,3H3. The summed E-state index contributed by atoms with van der Waals surface area (Å²) < 4.78 is 4.51. The number of hydrogen-bond donors (Lipinski definition) is 2. The molecule has 1 fully saturated rings. The van der Waals surface area contributed by atoms with Crippen LogP contribution in [-0.2, 0) is 9.53 Å². The Morgan fingerprint density at radius 1 is 1.60 bits per heavy atom. The number of carbonyl (C=O) groups excluding carboxylic acids is 1. The molecule has 1 aliphatic carbocycles. The number of rotatable bonds is 3. The van der Waals surface area contributed by atoms with Crippen molar-refractivity contribution in [2.75, 3.05) is 7.11 Å². The molecule has 0 spiro atoms. The maximum Gasteiger partial charge on any atom is 0.306 e. The first-order valence-corrected chi connectivity index (χ1v) is 4.86. The molecule has 3 atom stereocenters. The minimum atomic E-state index is -1.65. The van der Waals surface area contributed by atoms with Gasteiger partial charge >= 0.3 is 5.97 Å². The summed E-state index contributed by atoms with van der Waals surface area (Å²) in [7, 11) is 1.25. The number of methoxy groups -OCH3 is 1. The van der Waals surface area contributed by atoms with E-state index in [0.29, 0.717) is 12.8 Å². The summed E-state index contributed by atoms with van der Waals surface area (Å²) in [4.78, 5) is 11.2. The highest BCUT2D eigenvalue weighted by molar-refractivity contribution is 5.70. The number of aliphatic hydroxyl groups excluding tert-OH is 1. The number of aliphatic hydroxyl groups is 2. The first-order chi connectivity index (χ1) is 6.92. The molecule has 0 bridgehead atoms. The summed E-state index contributed by atoms with van der Waals surface area (Å²) in [5, 5.41) is 18.7. The van der Waals surface area contributed by atoms with E-state index in [-0.39, 0.29) is 12.3 Å². The van der Waals surface area contributed by atoms with E-state index in [1.54, 1.807) is 0 Å². The highest BCUT2D eigenvalue weighted by Crippen LogP contribution is 2.50. The van der Waals surface area contributed by atoms with Crippen LogP contribution in [-0.4, -0.2) is 29.6 Å². The maximum absolute atomic E-state index is 11.2. The van der Waals surface area contributed by atoms with Gasteiger partial charge in [0.15, 0.2) is 6.29 Å². The molecule has 0 saturated heterocycles. The molecule has 1 rings (SSSR count). The second kappa shape index (κ2) is 4.49. The molecule has 15 heavy (non-hydrogen) atoms. The van der Waals surface area contributed by atoms with E-state index >= 15 is 0 Å². The number of hydrogen-bond acceptors (Lipinski definition) is 4. The molecule has 0 aromatic carbocycles. The number of esters is 1. The molecule has 1 saturated carbocycles. The zero-order valence-corrected chi connectivity index (χ0v) is 8.72. The Balaban J connectivity index is 2.84. The minimum Gasteiger partial charge on any atom is -0.469 e. The molecule has 0 aliphatic heterocycles. The van der Waals surface area contributed by atoms with Crippen LogP contribution in [0.1, 0.15) is 19.3 Å². The van der Waals surface area contributed by atoms with Crippen molar-refractivity contribution in [3.05, 3.63) is 13.8 Å². The van der Waals surface area contributed by atoms with Crippen molar-refractivity contribution in [1.82, 2.24) is 0 Å². The van der Waals surface area contributed by atoms with Crippen LogP contribution in [0.4, 0.5) is 0 Å². The molecule has 3 unspecified atom stereocenters. The SMILES string of the molecule is [CH]C1CC([CH])C(CC(=O)OC)(C(O)O)C1. The fourth-order valence-electron chi connectivity index (χ4n) is 2.22. The Hall–Kier alpha value is -0.610. The van der Waals surface area contributed by atoms with Gasteiger partial charge in [-0.15, -0.1) is 0 Å². The van der Waals surface area contributed by atoms with Crippen LogP contribution >= 0.6 is 0 Å². The zero-order chi connectivity index (χ0) is 11.6. The fraction of sp³-hybridized carbons (Fsp3) is 0.727. The van der Waals surface area contributed by atoms with E-state index in [9.17, 15) is 15.0 Å². The highest BCUT2D eigenvalue weighted by Gasteiger charge is 2.50. The Morgan fingerprint density at radius 3 is 2.53 bits per heavy atom. The van der Waals surface area contributed by atoms with E-state index in [2.05, 4.69) is 4.74 Å². The Bertz CT molecular complexity index is 239. The minimum absolute atomic E-state index is 0.115. The lowest BCUT2D eigenvalue weighted by molar-refractivity contribution is -0.169. The topological polar surface area (TPSA) is 66.8 Å². The van der Waals surface area contributed by atoms with Crippen molar-refractivity contribution in [3.8, 4) is 0 Å². The smallest absolute Gasteiger partial charge is 0.306 e. The third-order valence-electron chi connectivity index (χ3n) is 3.15. The number of ether oxygens (including phenoxy) is 1. The molecule has 0 aromatic rings. The van der Waals surface area contributed by atoms with Gasteiger partial charge in [-0.1, -0.05) is 0 Å². The van der Waals surface area contributed by atoms with Gasteiger partial charge in [-0.05, 0) is 38.5 Å². The van der Waals surface area contributed by atoms with Crippen molar-refractivity contribution in [3.63, 3.8) is 0 Å². The van der Waals surface area contributed by atoms with Gasteiger partial charge in [0.05, 0.1) is 13.5 Å². The molecular weight excluding hydrogens is 196 g/mol. The van der Waals surface area contributed by atoms with Crippen molar-refractivity contribution in [2.24, 2.45) is 17.3 Å². The van der Waals surface area contributed by atoms with Gasteiger partial charge in [-0.25, -0.2) is 0 Å². The molecule has 1 aliphatic rings. The van der Waals surface area contributed by atoms with Crippen LogP contribution in [0.5, 0.6) is 0 Å². The predicted octanol–water partition coefficient (Wildman–Crippen LogP) is 0.295. The monoisotopic (exact) mass is 212 g/mol. The maximum atomic E-state index is 11.2. The highest BCUT2D eigenvalue weighted by atomic mass is 16.5. The van der Waals surface area contributed by atoms with Crippen LogP contribution in [0, 0.1) is 31.1 Å². The third kappa shape index (κ3) is 2.32. The van der Waals surface area contributed by atoms with Gasteiger partial charge in [0.2, 0.25) is 0 Å². The largest absolute Gasteiger partial charge is 0.469 e. The summed E-state index contributed by atoms with van der Waals surface area (Å²) in [6, 6.07) is 0. The fourth-order valence-corrected chi connectivity index (χ4v) is 2.22. The van der Waals surface area contributed by atoms with E-state index in [0.717, 1.165) is 0 Å². The molecule has 0 aromatic heterocycles. The van der Waals surface area contributed by atoms with Crippen LogP contribution in [0.3, 0.4) is 0 Å². The molecule has 84 valence electrons. The lowest BCUT2D eigenvalue weighted by Crippen LogP contribution is -2.40. The third-order valence-corrected chi connectivity index (χ3v) is 3.15. The Labute approximate surface area is 90.2 Å². The summed E-state index contributed by atoms with van der Waals surface area (Å²) >= 11 is 0. The van der Waals surface area contributed by atoms with E-state index in [1.807, 2.05) is 0 Å². The van der Waals surface area contributed by atoms with E-state index in [1.165, 1.54) is 7.11 Å². The second-order valence-corrected chi connectivity index (χ2v) is 4.17. The van der Waals surface area contributed by atoms with Crippen LogP contribution < -0.4 is 0 Å². The first kappa shape index (κ1) is 12.5. The molecule has 4 heteroatoms. The van der Waals surface area contributed by atoms with Crippen LogP contribution in [0.25, 0.3) is 0 Å².